The van der Waals surface area contributed by atoms with Crippen molar-refractivity contribution < 1.29 is 24.5 Å². The van der Waals surface area contributed by atoms with Crippen LogP contribution in [0.15, 0.2) is 71.9 Å². The number of carboxylic acid groups (broad SMARTS) is 2. The average Bonchev–Trinajstić information content (AvgIpc) is 3.87. The molecule has 15 heteroatoms. The lowest BCUT2D eigenvalue weighted by Crippen LogP contribution is -2.49. The van der Waals surface area contributed by atoms with Crippen molar-refractivity contribution in [1.82, 2.24) is 34.7 Å². The molecule has 3 aromatic heterocycles. The van der Waals surface area contributed by atoms with E-state index in [9.17, 15) is 24.6 Å². The Morgan fingerprint density at radius 3 is 2.59 bits per heavy atom. The molecule has 0 bridgehead atoms. The van der Waals surface area contributed by atoms with Gasteiger partial charge in [-0.25, -0.2) is 14.6 Å². The van der Waals surface area contributed by atoms with E-state index in [4.69, 9.17) is 16.3 Å². The zero-order valence-corrected chi connectivity index (χ0v) is 24.9. The fraction of sp³-hybridized carbons (Fsp3) is 0.258. The number of imidazole rings is 1. The number of halogens is 1. The lowest BCUT2D eigenvalue weighted by molar-refractivity contribution is -0.139. The van der Waals surface area contributed by atoms with Gasteiger partial charge in [0.25, 0.3) is 5.56 Å². The number of anilines is 1. The molecule has 0 saturated carbocycles. The molecule has 5 aromatic rings. The van der Waals surface area contributed by atoms with Crippen LogP contribution in [0.1, 0.15) is 30.4 Å². The summed E-state index contributed by atoms with van der Waals surface area (Å²) in [5, 5.41) is 31.7. The number of nitrogens with zero attached hydrogens (tertiary/aromatic N) is 7. The predicted octanol–water partition coefficient (Wildman–Crippen LogP) is 4.04. The van der Waals surface area contributed by atoms with Gasteiger partial charge in [-0.05, 0) is 77.2 Å². The molecule has 1 saturated heterocycles. The molecule has 7 rings (SSSR count). The van der Waals surface area contributed by atoms with E-state index >= 15 is 0 Å². The number of amides is 1. The van der Waals surface area contributed by atoms with Crippen molar-refractivity contribution in [1.29, 1.82) is 0 Å². The Hall–Kier alpha value is -5.34. The van der Waals surface area contributed by atoms with E-state index in [1.54, 1.807) is 59.3 Å². The van der Waals surface area contributed by atoms with E-state index in [-0.39, 0.29) is 23.9 Å². The Morgan fingerprint density at radius 1 is 1.07 bits per heavy atom. The summed E-state index contributed by atoms with van der Waals surface area (Å²) in [7, 11) is 0. The molecule has 5 heterocycles. The number of rotatable bonds is 8. The zero-order valence-electron chi connectivity index (χ0n) is 24.2. The first-order valence-electron chi connectivity index (χ1n) is 14.6. The van der Waals surface area contributed by atoms with Gasteiger partial charge in [0.15, 0.2) is 0 Å². The fourth-order valence-electron chi connectivity index (χ4n) is 6.39. The second-order valence-electron chi connectivity index (χ2n) is 11.2. The highest BCUT2D eigenvalue weighted by Gasteiger charge is 2.39. The number of aliphatic carboxylic acids is 1. The SMILES string of the molecule is O=C(O)C(C1CCOC1)N(C(=O)O)c1ccc(-c2cnc([C@@H]3CCc4cc(-c5cc(Cl)ccc5-n5cnnn5)cc(=O)n43)[nH]2)cc1. The Balaban J connectivity index is 1.15. The quantitative estimate of drug-likeness (QED) is 0.223. The first-order valence-corrected chi connectivity index (χ1v) is 14.9. The first kappa shape index (κ1) is 29.4. The molecular weight excluding hydrogens is 616 g/mol. The Kier molecular flexibility index (Phi) is 7.58. The number of pyridine rings is 1. The smallest absolute Gasteiger partial charge is 0.412 e. The monoisotopic (exact) mass is 642 g/mol. The Morgan fingerprint density at radius 2 is 1.89 bits per heavy atom. The van der Waals surface area contributed by atoms with Crippen LogP contribution in [0.25, 0.3) is 28.1 Å². The number of tetrazole rings is 1. The average molecular weight is 643 g/mol. The molecule has 3 N–H and O–H groups in total. The summed E-state index contributed by atoms with van der Waals surface area (Å²) in [6.07, 6.45) is 3.57. The van der Waals surface area contributed by atoms with Crippen molar-refractivity contribution in [2.45, 2.75) is 31.3 Å². The molecule has 0 spiro atoms. The molecule has 14 nitrogen and oxygen atoms in total. The first-order chi connectivity index (χ1) is 22.3. The van der Waals surface area contributed by atoms with Crippen molar-refractivity contribution in [2.75, 3.05) is 18.1 Å². The van der Waals surface area contributed by atoms with Gasteiger partial charge in [0, 0.05) is 40.6 Å². The van der Waals surface area contributed by atoms with Gasteiger partial charge >= 0.3 is 12.1 Å². The Labute approximate surface area is 265 Å². The number of aromatic amines is 1. The number of carbonyl (C=O) groups is 2. The van der Waals surface area contributed by atoms with E-state index < -0.39 is 24.0 Å². The van der Waals surface area contributed by atoms with Gasteiger partial charge in [0.05, 0.1) is 30.2 Å². The molecular formula is C31H27ClN8O6. The number of aromatic nitrogens is 7. The summed E-state index contributed by atoms with van der Waals surface area (Å²) < 4.78 is 8.58. The van der Waals surface area contributed by atoms with Crippen LogP contribution in [-0.4, -0.2) is 76.3 Å². The number of fused-ring (bicyclic) bond motifs is 1. The van der Waals surface area contributed by atoms with Gasteiger partial charge in [0.1, 0.15) is 18.2 Å². The van der Waals surface area contributed by atoms with Crippen molar-refractivity contribution in [3.63, 3.8) is 0 Å². The normalized spacial score (nSPS) is 17.9. The van der Waals surface area contributed by atoms with Gasteiger partial charge in [0.2, 0.25) is 0 Å². The molecule has 2 aliphatic heterocycles. The fourth-order valence-corrected chi connectivity index (χ4v) is 6.56. The van der Waals surface area contributed by atoms with Crippen molar-refractivity contribution in [3.8, 4) is 28.1 Å². The van der Waals surface area contributed by atoms with E-state index in [0.717, 1.165) is 21.7 Å². The molecule has 2 aliphatic rings. The maximum atomic E-state index is 13.5. The number of hydrogen-bond acceptors (Lipinski definition) is 8. The second-order valence-corrected chi connectivity index (χ2v) is 11.6. The van der Waals surface area contributed by atoms with Crippen LogP contribution in [0.4, 0.5) is 10.5 Å². The van der Waals surface area contributed by atoms with Crippen LogP contribution in [-0.2, 0) is 16.0 Å². The van der Waals surface area contributed by atoms with E-state index in [1.807, 2.05) is 6.07 Å². The molecule has 3 atom stereocenters. The van der Waals surface area contributed by atoms with Crippen molar-refractivity contribution in [3.05, 3.63) is 94.0 Å². The van der Waals surface area contributed by atoms with Crippen LogP contribution in [0.5, 0.6) is 0 Å². The zero-order chi connectivity index (χ0) is 31.9. The van der Waals surface area contributed by atoms with E-state index in [2.05, 4.69) is 25.5 Å². The largest absolute Gasteiger partial charge is 0.480 e. The molecule has 2 unspecified atom stereocenters. The highest BCUT2D eigenvalue weighted by atomic mass is 35.5. The summed E-state index contributed by atoms with van der Waals surface area (Å²) in [6.45, 7) is 0.583. The van der Waals surface area contributed by atoms with Gasteiger partial charge in [-0.15, -0.1) is 5.10 Å². The Bertz CT molecular complexity index is 1980. The lowest BCUT2D eigenvalue weighted by Gasteiger charge is -2.29. The number of carboxylic acids is 1. The highest BCUT2D eigenvalue weighted by molar-refractivity contribution is 6.31. The van der Waals surface area contributed by atoms with E-state index in [0.29, 0.717) is 53.7 Å². The van der Waals surface area contributed by atoms with Crippen LogP contribution in [0.2, 0.25) is 5.02 Å². The molecule has 0 aliphatic carbocycles. The minimum absolute atomic E-state index is 0.186. The summed E-state index contributed by atoms with van der Waals surface area (Å²) >= 11 is 6.32. The lowest BCUT2D eigenvalue weighted by atomic mass is 9.97. The number of nitrogens with one attached hydrogen (secondary N) is 1. The number of aryl methyl sites for hydroxylation is 1. The second kappa shape index (κ2) is 11.9. The number of ether oxygens (including phenoxy) is 1. The molecule has 234 valence electrons. The maximum Gasteiger partial charge on any atom is 0.412 e. The number of benzene rings is 2. The topological polar surface area (TPSA) is 181 Å². The number of hydrogen-bond donors (Lipinski definition) is 3. The van der Waals surface area contributed by atoms with Crippen molar-refractivity contribution in [2.24, 2.45) is 5.92 Å². The maximum absolute atomic E-state index is 13.5. The van der Waals surface area contributed by atoms with Gasteiger partial charge in [-0.3, -0.25) is 9.69 Å². The van der Waals surface area contributed by atoms with Gasteiger partial charge < -0.3 is 24.5 Å². The number of H-pyrrole nitrogens is 1. The predicted molar refractivity (Wildman–Crippen MR) is 165 cm³/mol. The molecule has 1 fully saturated rings. The minimum Gasteiger partial charge on any atom is -0.480 e. The van der Waals surface area contributed by atoms with Crippen molar-refractivity contribution >= 4 is 29.4 Å². The third kappa shape index (κ3) is 5.31. The molecule has 0 radical (unpaired) electrons. The molecule has 46 heavy (non-hydrogen) atoms. The summed E-state index contributed by atoms with van der Waals surface area (Å²) in [6, 6.07) is 13.8. The van der Waals surface area contributed by atoms with Gasteiger partial charge in [-0.2, -0.15) is 4.68 Å². The molecule has 2 aromatic carbocycles. The standard InChI is InChI=1S/C31H27ClN8O6/c32-20-3-7-25(38-16-34-36-37-38)23(13-20)19-11-22-6-8-26(39(22)27(41)12-19)29-33-14-24(35-29)17-1-4-21(5-2-17)40(31(44)45)28(30(42)43)18-9-10-46-15-18/h1-5,7,11-14,16,18,26,28H,6,8-10,15H2,(H,33,35)(H,42,43)(H,44,45)/t18?,26-,28?/m0/s1. The third-order valence-corrected chi connectivity index (χ3v) is 8.75. The highest BCUT2D eigenvalue weighted by Crippen LogP contribution is 2.35. The minimum atomic E-state index is -1.36. The third-order valence-electron chi connectivity index (χ3n) is 8.52. The summed E-state index contributed by atoms with van der Waals surface area (Å²) in [4.78, 5) is 46.6. The van der Waals surface area contributed by atoms with Crippen LogP contribution in [0, 0.1) is 5.92 Å². The van der Waals surface area contributed by atoms with E-state index in [1.165, 1.54) is 11.0 Å². The van der Waals surface area contributed by atoms with Crippen LogP contribution >= 0.6 is 11.6 Å². The summed E-state index contributed by atoms with van der Waals surface area (Å²) in [5.74, 6) is -1.06. The van der Waals surface area contributed by atoms with Crippen LogP contribution < -0.4 is 10.5 Å². The van der Waals surface area contributed by atoms with Crippen LogP contribution in [0.3, 0.4) is 0 Å². The molecule has 1 amide bonds. The summed E-state index contributed by atoms with van der Waals surface area (Å²) in [5.41, 5.74) is 4.41. The van der Waals surface area contributed by atoms with Gasteiger partial charge in [-0.1, -0.05) is 23.7 Å².